The van der Waals surface area contributed by atoms with Crippen molar-refractivity contribution in [3.8, 4) is 0 Å². The van der Waals surface area contributed by atoms with Crippen LogP contribution in [-0.2, 0) is 9.59 Å². The normalized spacial score (nSPS) is 16.8. The number of carbonyl (C=O) groups is 3. The van der Waals surface area contributed by atoms with Gasteiger partial charge in [0.1, 0.15) is 5.82 Å². The molecular weight excluding hydrogens is 604 g/mol. The molecule has 1 saturated carbocycles. The van der Waals surface area contributed by atoms with Gasteiger partial charge in [0.25, 0.3) is 5.91 Å². The highest BCUT2D eigenvalue weighted by Gasteiger charge is 2.39. The maximum atomic E-state index is 12.9. The molecule has 0 radical (unpaired) electrons. The number of nitrogens with one attached hydrogen (secondary N) is 4. The lowest BCUT2D eigenvalue weighted by molar-refractivity contribution is -0.193. The van der Waals surface area contributed by atoms with Crippen molar-refractivity contribution in [1.29, 1.82) is 5.41 Å². The zero-order valence-electron chi connectivity index (χ0n) is 24.3. The number of aryl methyl sites for hydroxylation is 1. The number of carbonyl (C=O) groups excluding carboxylic acids is 1. The van der Waals surface area contributed by atoms with Crippen molar-refractivity contribution >= 4 is 40.5 Å². The summed E-state index contributed by atoms with van der Waals surface area (Å²) in [4.78, 5) is 39.8. The molecule has 2 unspecified atom stereocenters. The molecule has 1 aromatic heterocycles. The van der Waals surface area contributed by atoms with Gasteiger partial charge in [-0.15, -0.1) is 0 Å². The Morgan fingerprint density at radius 1 is 0.977 bits per heavy atom. The van der Waals surface area contributed by atoms with Crippen molar-refractivity contribution in [2.45, 2.75) is 89.8 Å². The number of benzene rings is 1. The molecule has 3 rings (SSSR count). The van der Waals surface area contributed by atoms with E-state index in [0.29, 0.717) is 5.82 Å². The molecular formula is C26H35F6N7O5. The van der Waals surface area contributed by atoms with Crippen molar-refractivity contribution in [1.82, 2.24) is 20.6 Å². The highest BCUT2D eigenvalue weighted by atomic mass is 19.4. The third kappa shape index (κ3) is 12.5. The van der Waals surface area contributed by atoms with Gasteiger partial charge in [-0.05, 0) is 52.2 Å². The van der Waals surface area contributed by atoms with Gasteiger partial charge in [0.15, 0.2) is 5.96 Å². The Morgan fingerprint density at radius 2 is 1.48 bits per heavy atom. The number of fused-ring (bicyclic) bond motifs is 1. The van der Waals surface area contributed by atoms with E-state index >= 15 is 0 Å². The molecule has 1 aliphatic carbocycles. The summed E-state index contributed by atoms with van der Waals surface area (Å²) in [5.41, 5.74) is 7.08. The molecule has 0 spiro atoms. The monoisotopic (exact) mass is 639 g/mol. The predicted octanol–water partition coefficient (Wildman–Crippen LogP) is 4.33. The van der Waals surface area contributed by atoms with Crippen molar-refractivity contribution in [2.75, 3.05) is 5.32 Å². The molecule has 2 aromatic rings. The first-order valence-corrected chi connectivity index (χ1v) is 13.2. The minimum Gasteiger partial charge on any atom is -0.475 e. The fourth-order valence-electron chi connectivity index (χ4n) is 3.76. The average Bonchev–Trinajstić information content (AvgIpc) is 2.89. The number of nitrogens with two attached hydrogens (primary N) is 1. The highest BCUT2D eigenvalue weighted by molar-refractivity contribution is 5.97. The van der Waals surface area contributed by atoms with Gasteiger partial charge < -0.3 is 31.9 Å². The quantitative estimate of drug-likeness (QED) is 0.135. The van der Waals surface area contributed by atoms with E-state index in [9.17, 15) is 31.1 Å². The number of hydrogen-bond donors (Lipinski definition) is 7. The summed E-state index contributed by atoms with van der Waals surface area (Å²) in [6, 6.07) is 6.04. The van der Waals surface area contributed by atoms with Crippen molar-refractivity contribution in [3.63, 3.8) is 0 Å². The molecule has 1 aromatic carbocycles. The van der Waals surface area contributed by atoms with E-state index in [-0.39, 0.29) is 35.3 Å². The van der Waals surface area contributed by atoms with Gasteiger partial charge >= 0.3 is 24.3 Å². The third-order valence-electron chi connectivity index (χ3n) is 6.30. The number of rotatable bonds is 6. The molecule has 0 bridgehead atoms. The minimum atomic E-state index is -5.08. The number of hydrogen-bond acceptors (Lipinski definition) is 7. The molecule has 246 valence electrons. The second-order valence-electron chi connectivity index (χ2n) is 10.4. The van der Waals surface area contributed by atoms with Crippen LogP contribution in [0.3, 0.4) is 0 Å². The number of anilines is 1. The Balaban J connectivity index is 0.000000574. The number of aliphatic carboxylic acids is 2. The van der Waals surface area contributed by atoms with Crippen LogP contribution < -0.4 is 21.7 Å². The Hall–Kier alpha value is -4.38. The second-order valence-corrected chi connectivity index (χ2v) is 10.4. The summed E-state index contributed by atoms with van der Waals surface area (Å²) < 4.78 is 63.5. The lowest BCUT2D eigenvalue weighted by atomic mass is 9.90. The average molecular weight is 640 g/mol. The Bertz CT molecular complexity index is 1310. The molecule has 8 N–H and O–H groups in total. The highest BCUT2D eigenvalue weighted by Crippen LogP contribution is 2.27. The zero-order chi connectivity index (χ0) is 34.0. The van der Waals surface area contributed by atoms with Crippen LogP contribution >= 0.6 is 0 Å². The summed E-state index contributed by atoms with van der Waals surface area (Å²) in [7, 11) is 0. The summed E-state index contributed by atoms with van der Waals surface area (Å²) in [6.07, 6.45) is -5.32. The number of carboxylic acid groups (broad SMARTS) is 2. The molecule has 0 saturated heterocycles. The Labute approximate surface area is 248 Å². The van der Waals surface area contributed by atoms with Gasteiger partial charge in [-0.25, -0.2) is 19.6 Å². The first kappa shape index (κ1) is 37.6. The molecule has 0 aliphatic heterocycles. The molecule has 1 heterocycles. The van der Waals surface area contributed by atoms with Crippen molar-refractivity contribution in [2.24, 2.45) is 5.73 Å². The lowest BCUT2D eigenvalue weighted by Crippen LogP contribution is -2.50. The summed E-state index contributed by atoms with van der Waals surface area (Å²) in [6.45, 7) is 8.01. The molecule has 44 heavy (non-hydrogen) atoms. The SMILES string of the molecule is CCC(C)(C)NC(=O)c1nc(NC2CCCCC2NC(=N)N)c2cc(C)ccc2n1.O=C(O)C(F)(F)F.O=C(O)C(F)(F)F. The number of amides is 1. The van der Waals surface area contributed by atoms with E-state index in [0.717, 1.165) is 48.6 Å². The van der Waals surface area contributed by atoms with Gasteiger partial charge in [-0.3, -0.25) is 10.2 Å². The smallest absolute Gasteiger partial charge is 0.475 e. The van der Waals surface area contributed by atoms with Gasteiger partial charge in [0.2, 0.25) is 5.82 Å². The molecule has 1 amide bonds. The van der Waals surface area contributed by atoms with Crippen molar-refractivity contribution in [3.05, 3.63) is 29.6 Å². The number of halogens is 6. The number of alkyl halides is 6. The van der Waals surface area contributed by atoms with Crippen LogP contribution in [-0.4, -0.2) is 74.0 Å². The fraction of sp³-hybridized carbons (Fsp3) is 0.538. The molecule has 18 heteroatoms. The van der Waals surface area contributed by atoms with Gasteiger partial charge in [0, 0.05) is 23.0 Å². The van der Waals surface area contributed by atoms with E-state index in [4.69, 9.17) is 30.9 Å². The summed E-state index contributed by atoms with van der Waals surface area (Å²) >= 11 is 0. The van der Waals surface area contributed by atoms with E-state index in [1.54, 1.807) is 0 Å². The van der Waals surface area contributed by atoms with Crippen LogP contribution in [0.4, 0.5) is 32.2 Å². The second kappa shape index (κ2) is 15.4. The van der Waals surface area contributed by atoms with E-state index in [2.05, 4.69) is 25.9 Å². The van der Waals surface area contributed by atoms with Gasteiger partial charge in [-0.2, -0.15) is 26.3 Å². The van der Waals surface area contributed by atoms with Crippen LogP contribution in [0.5, 0.6) is 0 Å². The van der Waals surface area contributed by atoms with Crippen LogP contribution in [0.2, 0.25) is 0 Å². The maximum Gasteiger partial charge on any atom is 0.490 e. The maximum absolute atomic E-state index is 12.9. The molecule has 2 atom stereocenters. The Morgan fingerprint density at radius 3 is 1.93 bits per heavy atom. The largest absolute Gasteiger partial charge is 0.490 e. The van der Waals surface area contributed by atoms with E-state index in [1.165, 1.54) is 0 Å². The number of aromatic nitrogens is 2. The number of carboxylic acids is 2. The Kier molecular flexibility index (Phi) is 13.2. The zero-order valence-corrected chi connectivity index (χ0v) is 24.3. The van der Waals surface area contributed by atoms with Crippen LogP contribution in [0.15, 0.2) is 18.2 Å². The van der Waals surface area contributed by atoms with Crippen LogP contribution in [0.25, 0.3) is 10.9 Å². The fourth-order valence-corrected chi connectivity index (χ4v) is 3.76. The predicted molar refractivity (Wildman–Crippen MR) is 148 cm³/mol. The first-order chi connectivity index (χ1) is 20.1. The van der Waals surface area contributed by atoms with Crippen LogP contribution in [0.1, 0.15) is 69.1 Å². The standard InChI is InChI=1S/C22H33N7O.2C2HF3O2/c1-5-22(3,4)29-20(30)19-25-15-11-10-13(2)12-14(15)18(28-19)26-16-8-6-7-9-17(16)27-21(23)24;2*3-2(4,5)1(6)7/h10-12,16-17H,5-9H2,1-4H3,(H,29,30)(H4,23,24,27)(H,25,26,28);2*(H,6,7). The number of nitrogens with zero attached hydrogens (tertiary/aromatic N) is 2. The first-order valence-electron chi connectivity index (χ1n) is 13.2. The van der Waals surface area contributed by atoms with Gasteiger partial charge in [-0.1, -0.05) is 31.4 Å². The topological polar surface area (TPSA) is 203 Å². The van der Waals surface area contributed by atoms with Crippen molar-refractivity contribution < 1.29 is 50.9 Å². The minimum absolute atomic E-state index is 0.0287. The number of guanidine groups is 1. The lowest BCUT2D eigenvalue weighted by Gasteiger charge is -2.33. The molecule has 1 aliphatic rings. The van der Waals surface area contributed by atoms with Crippen LogP contribution in [0, 0.1) is 12.3 Å². The summed E-state index contributed by atoms with van der Waals surface area (Å²) in [5.74, 6) is -5.03. The van der Waals surface area contributed by atoms with E-state index < -0.39 is 24.3 Å². The summed E-state index contributed by atoms with van der Waals surface area (Å²) in [5, 5.41) is 32.4. The molecule has 1 fully saturated rings. The van der Waals surface area contributed by atoms with E-state index in [1.807, 2.05) is 45.9 Å². The van der Waals surface area contributed by atoms with Gasteiger partial charge in [0.05, 0.1) is 5.52 Å². The molecule has 12 nitrogen and oxygen atoms in total. The third-order valence-corrected chi connectivity index (χ3v) is 6.30.